The lowest BCUT2D eigenvalue weighted by Gasteiger charge is -2.12. The predicted molar refractivity (Wildman–Crippen MR) is 55.4 cm³/mol. The van der Waals surface area contributed by atoms with Crippen molar-refractivity contribution >= 4 is 28.6 Å². The van der Waals surface area contributed by atoms with E-state index in [-0.39, 0.29) is 0 Å². The van der Waals surface area contributed by atoms with Gasteiger partial charge in [0.15, 0.2) is 6.61 Å². The normalized spacial score (nSPS) is 15.3. The molecule has 70 valence electrons. The van der Waals surface area contributed by atoms with Crippen LogP contribution in [0.4, 0.5) is 0 Å². The van der Waals surface area contributed by atoms with E-state index in [9.17, 15) is 0 Å². The maximum atomic E-state index is 5.77. The molecule has 1 fully saturated rings. The zero-order valence-corrected chi connectivity index (χ0v) is 8.70. The first-order chi connectivity index (χ1) is 6.34. The first kappa shape index (κ1) is 9.03. The van der Waals surface area contributed by atoms with Gasteiger partial charge in [-0.1, -0.05) is 16.8 Å². The third-order valence-electron chi connectivity index (χ3n) is 1.96. The van der Waals surface area contributed by atoms with Crippen LogP contribution in [-0.4, -0.2) is 5.71 Å². The Morgan fingerprint density at radius 2 is 2.31 bits per heavy atom. The molecule has 0 spiro atoms. The first-order valence-electron chi connectivity index (χ1n) is 4.26. The highest BCUT2D eigenvalue weighted by molar-refractivity contribution is 7.16. The molecule has 0 aliphatic heterocycles. The predicted octanol–water partition coefficient (Wildman–Crippen LogP) is 3.46. The zero-order chi connectivity index (χ0) is 9.10. The van der Waals surface area contributed by atoms with E-state index in [0.29, 0.717) is 6.61 Å². The summed E-state index contributed by atoms with van der Waals surface area (Å²) in [5.41, 5.74) is 1.18. The van der Waals surface area contributed by atoms with Crippen molar-refractivity contribution in [3.8, 4) is 0 Å². The van der Waals surface area contributed by atoms with Crippen LogP contribution >= 0.6 is 22.9 Å². The topological polar surface area (TPSA) is 21.6 Å². The number of hydrogen-bond donors (Lipinski definition) is 0. The molecular weight excluding hydrogens is 206 g/mol. The molecule has 1 aliphatic rings. The van der Waals surface area contributed by atoms with Gasteiger partial charge in [-0.05, 0) is 31.4 Å². The molecule has 0 atom stereocenters. The summed E-state index contributed by atoms with van der Waals surface area (Å²) in [5, 5.41) is 4.01. The summed E-state index contributed by atoms with van der Waals surface area (Å²) >= 11 is 7.30. The van der Waals surface area contributed by atoms with E-state index in [1.165, 1.54) is 23.5 Å². The van der Waals surface area contributed by atoms with Crippen LogP contribution in [-0.2, 0) is 11.4 Å². The van der Waals surface area contributed by atoms with Crippen LogP contribution in [0, 0.1) is 0 Å². The van der Waals surface area contributed by atoms with E-state index in [1.54, 1.807) is 0 Å². The summed E-state index contributed by atoms with van der Waals surface area (Å²) in [6.07, 6.45) is 3.46. The molecular formula is C9H10ClNOS. The van der Waals surface area contributed by atoms with Crippen molar-refractivity contribution in [2.45, 2.75) is 25.9 Å². The van der Waals surface area contributed by atoms with Crippen LogP contribution in [0.1, 0.15) is 24.1 Å². The molecule has 1 heterocycles. The minimum absolute atomic E-state index is 0.543. The first-order valence-corrected chi connectivity index (χ1v) is 5.46. The van der Waals surface area contributed by atoms with Gasteiger partial charge in [0, 0.05) is 4.88 Å². The van der Waals surface area contributed by atoms with Gasteiger partial charge in [0.25, 0.3) is 0 Å². The largest absolute Gasteiger partial charge is 0.390 e. The second kappa shape index (κ2) is 4.11. The quantitative estimate of drug-likeness (QED) is 0.708. The second-order valence-electron chi connectivity index (χ2n) is 2.99. The maximum Gasteiger partial charge on any atom is 0.151 e. The van der Waals surface area contributed by atoms with E-state index in [1.807, 2.05) is 12.1 Å². The molecule has 0 saturated heterocycles. The Morgan fingerprint density at radius 1 is 1.46 bits per heavy atom. The highest BCUT2D eigenvalue weighted by atomic mass is 35.5. The Balaban J connectivity index is 1.79. The second-order valence-corrected chi connectivity index (χ2v) is 4.79. The molecule has 2 nitrogen and oxygen atoms in total. The summed E-state index contributed by atoms with van der Waals surface area (Å²) in [6, 6.07) is 3.84. The minimum atomic E-state index is 0.543. The molecule has 0 bridgehead atoms. The number of nitrogens with zero attached hydrogens (tertiary/aromatic N) is 1. The molecule has 2 rings (SSSR count). The van der Waals surface area contributed by atoms with Crippen molar-refractivity contribution in [1.82, 2.24) is 0 Å². The summed E-state index contributed by atoms with van der Waals surface area (Å²) < 4.78 is 0.801. The van der Waals surface area contributed by atoms with E-state index in [0.717, 1.165) is 22.1 Å². The van der Waals surface area contributed by atoms with Crippen LogP contribution in [0.2, 0.25) is 4.34 Å². The van der Waals surface area contributed by atoms with Crippen molar-refractivity contribution in [3.63, 3.8) is 0 Å². The van der Waals surface area contributed by atoms with Gasteiger partial charge in [-0.2, -0.15) is 0 Å². The Labute approximate surface area is 86.2 Å². The lowest BCUT2D eigenvalue weighted by Crippen LogP contribution is -2.09. The molecule has 13 heavy (non-hydrogen) atoms. The van der Waals surface area contributed by atoms with Crippen molar-refractivity contribution in [1.29, 1.82) is 0 Å². The van der Waals surface area contributed by atoms with Gasteiger partial charge in [-0.3, -0.25) is 0 Å². The highest BCUT2D eigenvalue weighted by Gasteiger charge is 2.10. The SMILES string of the molecule is Clc1ccc(CON=C2CCC2)s1. The van der Waals surface area contributed by atoms with E-state index < -0.39 is 0 Å². The number of halogens is 1. The van der Waals surface area contributed by atoms with Gasteiger partial charge < -0.3 is 4.84 Å². The van der Waals surface area contributed by atoms with Gasteiger partial charge in [0.2, 0.25) is 0 Å². The van der Waals surface area contributed by atoms with Gasteiger partial charge >= 0.3 is 0 Å². The molecule has 1 aliphatic carbocycles. The van der Waals surface area contributed by atoms with Crippen LogP contribution in [0.15, 0.2) is 17.3 Å². The molecule has 0 radical (unpaired) electrons. The number of hydrogen-bond acceptors (Lipinski definition) is 3. The molecule has 0 unspecified atom stereocenters. The number of rotatable bonds is 3. The van der Waals surface area contributed by atoms with Crippen molar-refractivity contribution in [3.05, 3.63) is 21.3 Å². The van der Waals surface area contributed by atoms with Gasteiger partial charge in [-0.15, -0.1) is 11.3 Å². The summed E-state index contributed by atoms with van der Waals surface area (Å²) in [4.78, 5) is 6.30. The van der Waals surface area contributed by atoms with Crippen LogP contribution in [0.5, 0.6) is 0 Å². The lowest BCUT2D eigenvalue weighted by atomic mass is 9.98. The van der Waals surface area contributed by atoms with Crippen molar-refractivity contribution in [2.75, 3.05) is 0 Å². The summed E-state index contributed by atoms with van der Waals surface area (Å²) in [6.45, 7) is 0.543. The molecule has 0 N–H and O–H groups in total. The maximum absolute atomic E-state index is 5.77. The van der Waals surface area contributed by atoms with E-state index >= 15 is 0 Å². The van der Waals surface area contributed by atoms with Crippen molar-refractivity contribution in [2.24, 2.45) is 5.16 Å². The monoisotopic (exact) mass is 215 g/mol. The molecule has 0 amide bonds. The van der Waals surface area contributed by atoms with Crippen molar-refractivity contribution < 1.29 is 4.84 Å². The van der Waals surface area contributed by atoms with Crippen LogP contribution < -0.4 is 0 Å². The molecule has 1 aromatic rings. The van der Waals surface area contributed by atoms with Crippen LogP contribution in [0.3, 0.4) is 0 Å². The smallest absolute Gasteiger partial charge is 0.151 e. The fraction of sp³-hybridized carbons (Fsp3) is 0.444. The third-order valence-corrected chi connectivity index (χ3v) is 3.16. The molecule has 1 aromatic heterocycles. The summed E-state index contributed by atoms with van der Waals surface area (Å²) in [5.74, 6) is 0. The molecule has 0 aromatic carbocycles. The molecule has 1 saturated carbocycles. The Morgan fingerprint density at radius 3 is 2.85 bits per heavy atom. The number of thiophene rings is 1. The van der Waals surface area contributed by atoms with E-state index in [2.05, 4.69) is 5.16 Å². The minimum Gasteiger partial charge on any atom is -0.390 e. The third kappa shape index (κ3) is 2.45. The highest BCUT2D eigenvalue weighted by Crippen LogP contribution is 2.22. The average molecular weight is 216 g/mol. The average Bonchev–Trinajstić information content (AvgIpc) is 2.42. The van der Waals surface area contributed by atoms with Gasteiger partial charge in [0.1, 0.15) is 0 Å². The lowest BCUT2D eigenvalue weighted by molar-refractivity contribution is 0.130. The van der Waals surface area contributed by atoms with Gasteiger partial charge in [-0.25, -0.2) is 0 Å². The van der Waals surface area contributed by atoms with Gasteiger partial charge in [0.05, 0.1) is 10.0 Å². The standard InChI is InChI=1S/C9H10ClNOS/c10-9-5-4-8(13-9)6-12-11-7-2-1-3-7/h4-5H,1-3,6H2. The molecule has 4 heteroatoms. The Kier molecular flexibility index (Phi) is 2.86. The van der Waals surface area contributed by atoms with Crippen LogP contribution in [0.25, 0.3) is 0 Å². The fourth-order valence-corrected chi connectivity index (χ4v) is 2.04. The fourth-order valence-electron chi connectivity index (χ4n) is 1.04. The Hall–Kier alpha value is -0.540. The van der Waals surface area contributed by atoms with E-state index in [4.69, 9.17) is 16.4 Å². The number of oxime groups is 1. The zero-order valence-electron chi connectivity index (χ0n) is 7.12. The Bertz CT molecular complexity index is 315. The summed E-state index contributed by atoms with van der Waals surface area (Å²) in [7, 11) is 0.